The predicted molar refractivity (Wildman–Crippen MR) is 237 cm³/mol. The van der Waals surface area contributed by atoms with Crippen molar-refractivity contribution in [2.75, 3.05) is 0 Å². The molecule has 57 heavy (non-hydrogen) atoms. The number of nitrogens with zero attached hydrogens (tertiary/aromatic N) is 2. The normalized spacial score (nSPS) is 11.5. The van der Waals surface area contributed by atoms with Crippen molar-refractivity contribution in [2.45, 2.75) is 0 Å². The van der Waals surface area contributed by atoms with Crippen molar-refractivity contribution in [2.24, 2.45) is 0 Å². The number of hydrogen-bond donors (Lipinski definition) is 0. The van der Waals surface area contributed by atoms with Gasteiger partial charge in [0.25, 0.3) is 0 Å². The molecule has 0 radical (unpaired) electrons. The third-order valence-corrected chi connectivity index (χ3v) is 11.0. The van der Waals surface area contributed by atoms with E-state index in [2.05, 4.69) is 170 Å². The average molecular weight is 727 g/mol. The molecule has 0 bridgehead atoms. The van der Waals surface area contributed by atoms with E-state index >= 15 is 0 Å². The van der Waals surface area contributed by atoms with Gasteiger partial charge in [0, 0.05) is 33.0 Å². The van der Waals surface area contributed by atoms with Crippen molar-refractivity contribution in [3.8, 4) is 67.3 Å². The maximum absolute atomic E-state index is 6.61. The number of furan rings is 1. The fourth-order valence-electron chi connectivity index (χ4n) is 8.30. The summed E-state index contributed by atoms with van der Waals surface area (Å²) >= 11 is 0. The van der Waals surface area contributed by atoms with Crippen LogP contribution in [0.5, 0.6) is 0 Å². The Labute approximate surface area is 330 Å². The summed E-state index contributed by atoms with van der Waals surface area (Å²) in [6.45, 7) is 0. The molecule has 0 unspecified atom stereocenters. The number of fused-ring (bicyclic) bond motifs is 6. The Balaban J connectivity index is 1.15. The summed E-state index contributed by atoms with van der Waals surface area (Å²) in [5.74, 6) is 0.684. The molecule has 2 aromatic heterocycles. The highest BCUT2D eigenvalue weighted by Gasteiger charge is 2.17. The van der Waals surface area contributed by atoms with Crippen LogP contribution in [-0.4, -0.2) is 9.97 Å². The number of benzene rings is 9. The predicted octanol–water partition coefficient (Wildman–Crippen LogP) is 14.7. The van der Waals surface area contributed by atoms with E-state index in [-0.39, 0.29) is 0 Å². The molecule has 0 atom stereocenters. The van der Waals surface area contributed by atoms with Gasteiger partial charge in [0.15, 0.2) is 5.82 Å². The molecule has 0 aliphatic carbocycles. The van der Waals surface area contributed by atoms with Gasteiger partial charge < -0.3 is 4.42 Å². The number of para-hydroxylation sites is 2. The molecular weight excluding hydrogens is 693 g/mol. The fourth-order valence-corrected chi connectivity index (χ4v) is 8.30. The van der Waals surface area contributed by atoms with E-state index in [1.807, 2.05) is 36.4 Å². The van der Waals surface area contributed by atoms with E-state index in [9.17, 15) is 0 Å². The van der Waals surface area contributed by atoms with E-state index in [1.54, 1.807) is 0 Å². The third-order valence-electron chi connectivity index (χ3n) is 11.0. The van der Waals surface area contributed by atoms with Crippen molar-refractivity contribution in [1.82, 2.24) is 9.97 Å². The van der Waals surface area contributed by atoms with Gasteiger partial charge in [0.2, 0.25) is 0 Å². The molecule has 0 spiro atoms. The largest absolute Gasteiger partial charge is 0.455 e. The van der Waals surface area contributed by atoms with E-state index < -0.39 is 0 Å². The van der Waals surface area contributed by atoms with Crippen molar-refractivity contribution in [1.29, 1.82) is 0 Å². The Morgan fingerprint density at radius 3 is 1.68 bits per heavy atom. The zero-order valence-electron chi connectivity index (χ0n) is 30.9. The number of aromatic nitrogens is 2. The second-order valence-corrected chi connectivity index (χ2v) is 14.5. The molecule has 3 heteroatoms. The molecule has 0 aliphatic heterocycles. The van der Waals surface area contributed by atoms with Crippen LogP contribution in [0.1, 0.15) is 0 Å². The highest BCUT2D eigenvalue weighted by atomic mass is 16.3. The second kappa shape index (κ2) is 13.6. The molecule has 266 valence electrons. The summed E-state index contributed by atoms with van der Waals surface area (Å²) in [5.41, 5.74) is 13.1. The molecule has 3 nitrogen and oxygen atoms in total. The van der Waals surface area contributed by atoms with Gasteiger partial charge >= 0.3 is 0 Å². The Kier molecular flexibility index (Phi) is 7.82. The lowest BCUT2D eigenvalue weighted by molar-refractivity contribution is 0.670. The van der Waals surface area contributed by atoms with E-state index in [1.165, 1.54) is 32.7 Å². The maximum Gasteiger partial charge on any atom is 0.160 e. The van der Waals surface area contributed by atoms with Gasteiger partial charge in [-0.05, 0) is 91.8 Å². The highest BCUT2D eigenvalue weighted by Crippen LogP contribution is 2.41. The minimum atomic E-state index is 0.684. The lowest BCUT2D eigenvalue weighted by Gasteiger charge is -2.15. The fraction of sp³-hybridized carbons (Fsp3) is 0. The van der Waals surface area contributed by atoms with Gasteiger partial charge in [0.1, 0.15) is 11.2 Å². The van der Waals surface area contributed by atoms with Crippen LogP contribution in [0.15, 0.2) is 211 Å². The van der Waals surface area contributed by atoms with Crippen LogP contribution in [-0.2, 0) is 0 Å². The van der Waals surface area contributed by atoms with Crippen LogP contribution in [0.3, 0.4) is 0 Å². The summed E-state index contributed by atoms with van der Waals surface area (Å²) in [6, 6.07) is 72.9. The monoisotopic (exact) mass is 726 g/mol. The van der Waals surface area contributed by atoms with Gasteiger partial charge in [-0.3, -0.25) is 0 Å². The first-order valence-electron chi connectivity index (χ1n) is 19.3. The smallest absolute Gasteiger partial charge is 0.160 e. The minimum Gasteiger partial charge on any atom is -0.455 e. The first-order valence-corrected chi connectivity index (χ1v) is 19.3. The molecule has 0 fully saturated rings. The second-order valence-electron chi connectivity index (χ2n) is 14.5. The average Bonchev–Trinajstić information content (AvgIpc) is 3.68. The van der Waals surface area contributed by atoms with Crippen LogP contribution in [0.4, 0.5) is 0 Å². The lowest BCUT2D eigenvalue weighted by Crippen LogP contribution is -1.96. The van der Waals surface area contributed by atoms with Crippen LogP contribution >= 0.6 is 0 Å². The zero-order chi connectivity index (χ0) is 37.7. The van der Waals surface area contributed by atoms with Crippen molar-refractivity contribution >= 4 is 43.5 Å². The Hall–Kier alpha value is -7.62. The molecule has 2 heterocycles. The topological polar surface area (TPSA) is 38.9 Å². The summed E-state index contributed by atoms with van der Waals surface area (Å²) in [4.78, 5) is 10.4. The molecule has 0 amide bonds. The Morgan fingerprint density at radius 1 is 0.298 bits per heavy atom. The van der Waals surface area contributed by atoms with Gasteiger partial charge in [-0.1, -0.05) is 164 Å². The van der Waals surface area contributed by atoms with E-state index in [4.69, 9.17) is 14.4 Å². The minimum absolute atomic E-state index is 0.684. The molecule has 11 aromatic rings. The van der Waals surface area contributed by atoms with E-state index in [0.717, 1.165) is 72.3 Å². The maximum atomic E-state index is 6.61. The Bertz CT molecular complexity index is 3230. The lowest BCUT2D eigenvalue weighted by atomic mass is 9.90. The standard InChI is InChI=1S/C54H34N2O/c1-3-15-35(16-4-1)50-34-51(56-54(55-50)36-17-5-2-6-18-36)42-31-40(30-41(32-42)44-26-14-27-48-47-25-11-12-28-52(47)57-53(44)48)37-20-13-21-38(29-37)49-33-39-19-7-8-22-43(39)45-23-9-10-24-46(45)49/h1-34H. The summed E-state index contributed by atoms with van der Waals surface area (Å²) < 4.78 is 6.61. The van der Waals surface area contributed by atoms with Gasteiger partial charge in [0.05, 0.1) is 11.4 Å². The van der Waals surface area contributed by atoms with Crippen LogP contribution in [0.25, 0.3) is 111 Å². The third kappa shape index (κ3) is 5.85. The van der Waals surface area contributed by atoms with Gasteiger partial charge in [-0.15, -0.1) is 0 Å². The zero-order valence-corrected chi connectivity index (χ0v) is 30.9. The summed E-state index contributed by atoms with van der Waals surface area (Å²) in [7, 11) is 0. The Morgan fingerprint density at radius 2 is 0.860 bits per heavy atom. The van der Waals surface area contributed by atoms with Crippen LogP contribution < -0.4 is 0 Å². The molecule has 11 rings (SSSR count). The van der Waals surface area contributed by atoms with Crippen LogP contribution in [0.2, 0.25) is 0 Å². The molecule has 0 saturated heterocycles. The van der Waals surface area contributed by atoms with Crippen molar-refractivity contribution < 1.29 is 4.42 Å². The highest BCUT2D eigenvalue weighted by molar-refractivity contribution is 6.14. The first kappa shape index (κ1) is 32.8. The van der Waals surface area contributed by atoms with Gasteiger partial charge in [-0.25, -0.2) is 9.97 Å². The summed E-state index contributed by atoms with van der Waals surface area (Å²) in [6.07, 6.45) is 0. The van der Waals surface area contributed by atoms with Crippen LogP contribution in [0, 0.1) is 0 Å². The molecule has 0 N–H and O–H groups in total. The molecule has 0 saturated carbocycles. The van der Waals surface area contributed by atoms with E-state index in [0.29, 0.717) is 5.82 Å². The SMILES string of the molecule is c1ccc(-c2cc(-c3cc(-c4cccc(-c5cc6ccccc6c6ccccc56)c4)cc(-c4cccc5c4oc4ccccc45)c3)nc(-c3ccccc3)n2)cc1. The quantitative estimate of drug-likeness (QED) is 0.160. The number of hydrogen-bond acceptors (Lipinski definition) is 3. The van der Waals surface area contributed by atoms with Gasteiger partial charge in [-0.2, -0.15) is 0 Å². The molecule has 9 aromatic carbocycles. The van der Waals surface area contributed by atoms with Crippen molar-refractivity contribution in [3.63, 3.8) is 0 Å². The first-order chi connectivity index (χ1) is 28.2. The molecule has 0 aliphatic rings. The summed E-state index contributed by atoms with van der Waals surface area (Å²) in [5, 5.41) is 7.19. The number of rotatable bonds is 6. The molecular formula is C54H34N2O. The van der Waals surface area contributed by atoms with Crippen molar-refractivity contribution in [3.05, 3.63) is 206 Å².